The molecule has 1 fully saturated rings. The van der Waals surface area contributed by atoms with E-state index < -0.39 is 0 Å². The summed E-state index contributed by atoms with van der Waals surface area (Å²) in [5, 5.41) is 4.40. The number of nitrogens with two attached hydrogens (primary N) is 1. The normalized spacial score (nSPS) is 30.6. The molecule has 90 valence electrons. The predicted molar refractivity (Wildman–Crippen MR) is 63.9 cm³/mol. The number of hydrogen-bond acceptors (Lipinski definition) is 3. The van der Waals surface area contributed by atoms with Gasteiger partial charge in [0.05, 0.1) is 5.54 Å². The average Bonchev–Trinajstić information content (AvgIpc) is 2.60. The van der Waals surface area contributed by atoms with E-state index in [0.717, 1.165) is 30.9 Å². The van der Waals surface area contributed by atoms with Crippen molar-refractivity contribution in [3.05, 3.63) is 11.6 Å². The zero-order chi connectivity index (χ0) is 11.8. The lowest BCUT2D eigenvalue weighted by Gasteiger charge is -2.35. The minimum absolute atomic E-state index is 0.257. The molecule has 2 atom stereocenters. The molecule has 0 aromatic carbocycles. The van der Waals surface area contributed by atoms with Crippen molar-refractivity contribution >= 4 is 0 Å². The summed E-state index contributed by atoms with van der Waals surface area (Å²) >= 11 is 0. The first-order chi connectivity index (χ1) is 7.55. The summed E-state index contributed by atoms with van der Waals surface area (Å²) in [6, 6.07) is 0. The highest BCUT2D eigenvalue weighted by Gasteiger charge is 2.36. The number of nitrogens with zero attached hydrogens (tertiary/aromatic N) is 3. The van der Waals surface area contributed by atoms with Crippen LogP contribution in [0.15, 0.2) is 0 Å². The highest BCUT2D eigenvalue weighted by atomic mass is 15.3. The number of hydrogen-bond donors (Lipinski definition) is 1. The molecule has 1 aromatic heterocycles. The molecule has 4 heteroatoms. The van der Waals surface area contributed by atoms with Gasteiger partial charge in [-0.3, -0.25) is 4.68 Å². The molecule has 1 aliphatic rings. The van der Waals surface area contributed by atoms with Gasteiger partial charge < -0.3 is 5.73 Å². The van der Waals surface area contributed by atoms with Crippen molar-refractivity contribution in [2.45, 2.75) is 51.5 Å². The van der Waals surface area contributed by atoms with Crippen molar-refractivity contribution < 1.29 is 0 Å². The summed E-state index contributed by atoms with van der Waals surface area (Å²) in [5.74, 6) is 2.57. The zero-order valence-corrected chi connectivity index (χ0v) is 10.5. The van der Waals surface area contributed by atoms with E-state index in [1.165, 1.54) is 12.8 Å². The van der Waals surface area contributed by atoms with Crippen molar-refractivity contribution in [1.82, 2.24) is 14.8 Å². The van der Waals surface area contributed by atoms with Crippen LogP contribution >= 0.6 is 0 Å². The largest absolute Gasteiger partial charge is 0.319 e. The monoisotopic (exact) mass is 222 g/mol. The van der Waals surface area contributed by atoms with Crippen molar-refractivity contribution in [1.29, 1.82) is 0 Å². The second-order valence-corrected chi connectivity index (χ2v) is 5.19. The van der Waals surface area contributed by atoms with Gasteiger partial charge in [0.2, 0.25) is 0 Å². The third-order valence-corrected chi connectivity index (χ3v) is 3.60. The zero-order valence-electron chi connectivity index (χ0n) is 10.5. The third kappa shape index (κ3) is 1.98. The van der Waals surface area contributed by atoms with Crippen LogP contribution in [0.25, 0.3) is 0 Å². The Morgan fingerprint density at radius 3 is 2.88 bits per heavy atom. The van der Waals surface area contributed by atoms with Crippen LogP contribution in [-0.4, -0.2) is 14.8 Å². The van der Waals surface area contributed by atoms with Crippen LogP contribution in [0.5, 0.6) is 0 Å². The minimum Gasteiger partial charge on any atom is -0.319 e. The number of aryl methyl sites for hydroxylation is 2. The van der Waals surface area contributed by atoms with Crippen LogP contribution in [0.1, 0.15) is 51.2 Å². The molecule has 0 bridgehead atoms. The Hall–Kier alpha value is -0.900. The molecule has 1 aromatic rings. The van der Waals surface area contributed by atoms with Gasteiger partial charge in [-0.15, -0.1) is 0 Å². The van der Waals surface area contributed by atoms with Crippen molar-refractivity contribution in [2.24, 2.45) is 18.7 Å². The first-order valence-electron chi connectivity index (χ1n) is 6.24. The molecular formula is C12H22N4. The summed E-state index contributed by atoms with van der Waals surface area (Å²) in [6.07, 6.45) is 5.43. The van der Waals surface area contributed by atoms with Crippen LogP contribution < -0.4 is 5.73 Å². The molecule has 2 N–H and O–H groups in total. The van der Waals surface area contributed by atoms with E-state index in [1.807, 2.05) is 11.7 Å². The maximum atomic E-state index is 6.52. The smallest absolute Gasteiger partial charge is 0.150 e. The summed E-state index contributed by atoms with van der Waals surface area (Å²) in [4.78, 5) is 4.58. The first-order valence-corrected chi connectivity index (χ1v) is 6.24. The van der Waals surface area contributed by atoms with Gasteiger partial charge in [-0.1, -0.05) is 26.7 Å². The minimum atomic E-state index is -0.257. The maximum absolute atomic E-state index is 6.52. The summed E-state index contributed by atoms with van der Waals surface area (Å²) < 4.78 is 1.87. The maximum Gasteiger partial charge on any atom is 0.150 e. The van der Waals surface area contributed by atoms with Crippen molar-refractivity contribution in [2.75, 3.05) is 0 Å². The van der Waals surface area contributed by atoms with Gasteiger partial charge in [0.15, 0.2) is 5.82 Å². The van der Waals surface area contributed by atoms with Gasteiger partial charge in [-0.2, -0.15) is 5.10 Å². The predicted octanol–water partition coefficient (Wildman–Crippen LogP) is 1.74. The summed E-state index contributed by atoms with van der Waals surface area (Å²) in [5.41, 5.74) is 6.26. The van der Waals surface area contributed by atoms with Crippen LogP contribution in [0, 0.1) is 5.92 Å². The molecule has 1 heterocycles. The van der Waals surface area contributed by atoms with Crippen molar-refractivity contribution in [3.63, 3.8) is 0 Å². The average molecular weight is 222 g/mol. The van der Waals surface area contributed by atoms with Gasteiger partial charge in [-0.25, -0.2) is 4.98 Å². The fourth-order valence-corrected chi connectivity index (χ4v) is 2.82. The van der Waals surface area contributed by atoms with E-state index in [4.69, 9.17) is 5.73 Å². The standard InChI is InChI=1S/C12H22N4/c1-4-10-14-11(16(3)15-10)12(13)7-5-6-9(2)8-12/h9H,4-8,13H2,1-3H3. The topological polar surface area (TPSA) is 56.7 Å². The van der Waals surface area contributed by atoms with Crippen LogP contribution in [0.4, 0.5) is 0 Å². The molecule has 0 aliphatic heterocycles. The van der Waals surface area contributed by atoms with E-state index in [2.05, 4.69) is 23.9 Å². The lowest BCUT2D eigenvalue weighted by Crippen LogP contribution is -2.43. The Morgan fingerprint density at radius 2 is 2.31 bits per heavy atom. The molecule has 16 heavy (non-hydrogen) atoms. The van der Waals surface area contributed by atoms with E-state index in [9.17, 15) is 0 Å². The third-order valence-electron chi connectivity index (χ3n) is 3.60. The quantitative estimate of drug-likeness (QED) is 0.829. The number of aromatic nitrogens is 3. The Kier molecular flexibility index (Phi) is 3.02. The molecular weight excluding hydrogens is 200 g/mol. The van der Waals surface area contributed by atoms with Gasteiger partial charge in [0.25, 0.3) is 0 Å². The molecule has 0 radical (unpaired) electrons. The molecule has 0 saturated heterocycles. The first kappa shape index (κ1) is 11.6. The fourth-order valence-electron chi connectivity index (χ4n) is 2.82. The Labute approximate surface area is 97.2 Å². The van der Waals surface area contributed by atoms with E-state index >= 15 is 0 Å². The van der Waals surface area contributed by atoms with Crippen LogP contribution in [0.2, 0.25) is 0 Å². The van der Waals surface area contributed by atoms with Crippen LogP contribution in [0.3, 0.4) is 0 Å². The van der Waals surface area contributed by atoms with Gasteiger partial charge in [0.1, 0.15) is 5.82 Å². The molecule has 1 aliphatic carbocycles. The van der Waals surface area contributed by atoms with Crippen molar-refractivity contribution in [3.8, 4) is 0 Å². The molecule has 0 spiro atoms. The Bertz CT molecular complexity index is 371. The Balaban J connectivity index is 2.30. The second-order valence-electron chi connectivity index (χ2n) is 5.19. The van der Waals surface area contributed by atoms with E-state index in [-0.39, 0.29) is 5.54 Å². The molecule has 4 nitrogen and oxygen atoms in total. The van der Waals surface area contributed by atoms with Gasteiger partial charge in [-0.05, 0) is 18.8 Å². The molecule has 0 amide bonds. The molecule has 1 saturated carbocycles. The Morgan fingerprint density at radius 1 is 1.56 bits per heavy atom. The van der Waals surface area contributed by atoms with E-state index in [1.54, 1.807) is 0 Å². The van der Waals surface area contributed by atoms with Crippen LogP contribution in [-0.2, 0) is 19.0 Å². The lowest BCUT2D eigenvalue weighted by molar-refractivity contribution is 0.222. The lowest BCUT2D eigenvalue weighted by atomic mass is 9.76. The summed E-state index contributed by atoms with van der Waals surface area (Å²) in [6.45, 7) is 4.35. The van der Waals surface area contributed by atoms with Gasteiger partial charge in [0, 0.05) is 13.5 Å². The van der Waals surface area contributed by atoms with Gasteiger partial charge >= 0.3 is 0 Å². The second kappa shape index (κ2) is 4.17. The highest BCUT2D eigenvalue weighted by molar-refractivity contribution is 5.09. The summed E-state index contributed by atoms with van der Waals surface area (Å²) in [7, 11) is 1.95. The highest BCUT2D eigenvalue weighted by Crippen LogP contribution is 2.36. The number of rotatable bonds is 2. The fraction of sp³-hybridized carbons (Fsp3) is 0.833. The molecule has 2 rings (SSSR count). The van der Waals surface area contributed by atoms with E-state index in [0.29, 0.717) is 5.92 Å². The molecule has 2 unspecified atom stereocenters. The SMILES string of the molecule is CCc1nc(C2(N)CCCC(C)C2)n(C)n1.